The van der Waals surface area contributed by atoms with Gasteiger partial charge >= 0.3 is 6.03 Å². The molecule has 2 heterocycles. The summed E-state index contributed by atoms with van der Waals surface area (Å²) >= 11 is 0. The third-order valence-electron chi connectivity index (χ3n) is 5.35. The van der Waals surface area contributed by atoms with E-state index in [1.54, 1.807) is 4.90 Å². The first-order chi connectivity index (χ1) is 10.8. The topological polar surface area (TPSA) is 101 Å². The minimum atomic E-state index is -3.12. The van der Waals surface area contributed by atoms with Gasteiger partial charge in [-0.15, -0.1) is 0 Å². The third kappa shape index (κ3) is 3.35. The molecule has 1 N–H and O–H groups in total. The summed E-state index contributed by atoms with van der Waals surface area (Å²) in [5.41, 5.74) is 0. The molecule has 9 heteroatoms. The SMILES string of the molecule is O=C(NCC1CCCS1(=O)=O)N1CCS(=O)(=O)C2CCCCC21. The van der Waals surface area contributed by atoms with Crippen molar-refractivity contribution in [2.45, 2.75) is 55.1 Å². The normalized spacial score (nSPS) is 35.5. The van der Waals surface area contributed by atoms with Gasteiger partial charge in [-0.3, -0.25) is 0 Å². The average Bonchev–Trinajstić information content (AvgIpc) is 2.84. The Labute approximate surface area is 137 Å². The molecular formula is C14H24N2O5S2. The van der Waals surface area contributed by atoms with Crippen molar-refractivity contribution in [3.63, 3.8) is 0 Å². The van der Waals surface area contributed by atoms with Gasteiger partial charge in [-0.1, -0.05) is 12.8 Å². The van der Waals surface area contributed by atoms with Crippen LogP contribution in [0.1, 0.15) is 38.5 Å². The number of sulfone groups is 2. The summed E-state index contributed by atoms with van der Waals surface area (Å²) in [6.45, 7) is 0.328. The van der Waals surface area contributed by atoms with Crippen LogP contribution in [0.3, 0.4) is 0 Å². The molecular weight excluding hydrogens is 340 g/mol. The van der Waals surface area contributed by atoms with E-state index in [4.69, 9.17) is 0 Å². The number of urea groups is 1. The van der Waals surface area contributed by atoms with E-state index < -0.39 is 30.2 Å². The number of amides is 2. The second-order valence-electron chi connectivity index (χ2n) is 6.77. The lowest BCUT2D eigenvalue weighted by atomic mass is 9.93. The molecule has 23 heavy (non-hydrogen) atoms. The molecule has 0 bridgehead atoms. The smallest absolute Gasteiger partial charge is 0.317 e. The van der Waals surface area contributed by atoms with Gasteiger partial charge in [0.25, 0.3) is 0 Å². The first kappa shape index (κ1) is 17.0. The van der Waals surface area contributed by atoms with E-state index in [-0.39, 0.29) is 36.7 Å². The van der Waals surface area contributed by atoms with Crippen molar-refractivity contribution >= 4 is 25.7 Å². The second-order valence-corrected chi connectivity index (χ2v) is 11.5. The van der Waals surface area contributed by atoms with Crippen LogP contribution >= 0.6 is 0 Å². The lowest BCUT2D eigenvalue weighted by Crippen LogP contribution is -2.60. The molecule has 3 fully saturated rings. The van der Waals surface area contributed by atoms with Gasteiger partial charge in [0, 0.05) is 13.1 Å². The maximum atomic E-state index is 12.5. The largest absolute Gasteiger partial charge is 0.337 e. The monoisotopic (exact) mass is 364 g/mol. The van der Waals surface area contributed by atoms with Gasteiger partial charge in [0.1, 0.15) is 0 Å². The van der Waals surface area contributed by atoms with E-state index in [0.717, 1.165) is 12.8 Å². The van der Waals surface area contributed by atoms with E-state index in [1.165, 1.54) is 0 Å². The van der Waals surface area contributed by atoms with Crippen LogP contribution < -0.4 is 5.32 Å². The third-order valence-corrected chi connectivity index (χ3v) is 9.85. The highest BCUT2D eigenvalue weighted by molar-refractivity contribution is 7.92. The zero-order valence-corrected chi connectivity index (χ0v) is 14.7. The molecule has 0 spiro atoms. The molecule has 0 radical (unpaired) electrons. The summed E-state index contributed by atoms with van der Waals surface area (Å²) < 4.78 is 48.0. The quantitative estimate of drug-likeness (QED) is 0.760. The number of carbonyl (C=O) groups is 1. The van der Waals surface area contributed by atoms with E-state index in [2.05, 4.69) is 5.32 Å². The van der Waals surface area contributed by atoms with Crippen LogP contribution in [-0.2, 0) is 19.7 Å². The predicted octanol–water partition coefficient (Wildman–Crippen LogP) is 0.315. The maximum absolute atomic E-state index is 12.5. The highest BCUT2D eigenvalue weighted by Gasteiger charge is 2.44. The molecule has 0 aromatic rings. The van der Waals surface area contributed by atoms with Gasteiger partial charge in [0.2, 0.25) is 0 Å². The molecule has 3 rings (SSSR count). The van der Waals surface area contributed by atoms with E-state index in [0.29, 0.717) is 25.7 Å². The molecule has 7 nitrogen and oxygen atoms in total. The molecule has 3 atom stereocenters. The Hall–Kier alpha value is -0.830. The minimum absolute atomic E-state index is 0.00329. The molecule has 3 aliphatic rings. The van der Waals surface area contributed by atoms with Crippen molar-refractivity contribution in [1.29, 1.82) is 0 Å². The van der Waals surface area contributed by atoms with Gasteiger partial charge in [-0.2, -0.15) is 0 Å². The van der Waals surface area contributed by atoms with Crippen LogP contribution in [0.25, 0.3) is 0 Å². The Kier molecular flexibility index (Phi) is 4.61. The van der Waals surface area contributed by atoms with Crippen LogP contribution in [0, 0.1) is 0 Å². The zero-order valence-electron chi connectivity index (χ0n) is 13.1. The van der Waals surface area contributed by atoms with E-state index in [9.17, 15) is 21.6 Å². The Morgan fingerprint density at radius 3 is 2.39 bits per heavy atom. The molecule has 132 valence electrons. The molecule has 2 amide bonds. The number of nitrogens with zero attached hydrogens (tertiary/aromatic N) is 1. The summed E-state index contributed by atoms with van der Waals surface area (Å²) in [7, 11) is -6.20. The number of nitrogens with one attached hydrogen (secondary N) is 1. The number of carbonyl (C=O) groups excluding carboxylic acids is 1. The lowest BCUT2D eigenvalue weighted by Gasteiger charge is -2.43. The molecule has 0 aromatic heterocycles. The molecule has 0 aromatic carbocycles. The Morgan fingerprint density at radius 2 is 1.70 bits per heavy atom. The van der Waals surface area contributed by atoms with Crippen LogP contribution in [0.5, 0.6) is 0 Å². The second kappa shape index (κ2) is 6.23. The molecule has 1 aliphatic carbocycles. The van der Waals surface area contributed by atoms with Crippen LogP contribution in [0.15, 0.2) is 0 Å². The van der Waals surface area contributed by atoms with Gasteiger partial charge < -0.3 is 10.2 Å². The van der Waals surface area contributed by atoms with Crippen molar-refractivity contribution < 1.29 is 21.6 Å². The van der Waals surface area contributed by atoms with Crippen molar-refractivity contribution in [3.05, 3.63) is 0 Å². The van der Waals surface area contributed by atoms with Gasteiger partial charge in [0.05, 0.1) is 28.0 Å². The van der Waals surface area contributed by atoms with Gasteiger partial charge in [-0.25, -0.2) is 21.6 Å². The van der Waals surface area contributed by atoms with E-state index >= 15 is 0 Å². The fourth-order valence-electron chi connectivity index (χ4n) is 4.04. The Morgan fingerprint density at radius 1 is 0.957 bits per heavy atom. The number of hydrogen-bond donors (Lipinski definition) is 1. The first-order valence-electron chi connectivity index (χ1n) is 8.29. The van der Waals surface area contributed by atoms with Crippen LogP contribution in [0.2, 0.25) is 0 Å². The van der Waals surface area contributed by atoms with Gasteiger partial charge in [-0.05, 0) is 25.7 Å². The summed E-state index contributed by atoms with van der Waals surface area (Å²) in [5, 5.41) is 1.77. The van der Waals surface area contributed by atoms with Crippen LogP contribution in [-0.4, -0.2) is 68.9 Å². The highest BCUT2D eigenvalue weighted by atomic mass is 32.2. The highest BCUT2D eigenvalue weighted by Crippen LogP contribution is 2.32. The summed E-state index contributed by atoms with van der Waals surface area (Å²) in [5.74, 6) is 0.198. The molecule has 3 unspecified atom stereocenters. The zero-order chi connectivity index (χ0) is 16.7. The summed E-state index contributed by atoms with van der Waals surface area (Å²) in [6.07, 6.45) is 4.37. The molecule has 2 aliphatic heterocycles. The van der Waals surface area contributed by atoms with Crippen LogP contribution in [0.4, 0.5) is 4.79 Å². The van der Waals surface area contributed by atoms with Gasteiger partial charge in [0.15, 0.2) is 19.7 Å². The fourth-order valence-corrected chi connectivity index (χ4v) is 7.84. The van der Waals surface area contributed by atoms with Crippen molar-refractivity contribution in [3.8, 4) is 0 Å². The summed E-state index contributed by atoms with van der Waals surface area (Å²) in [4.78, 5) is 14.1. The number of fused-ring (bicyclic) bond motifs is 1. The van der Waals surface area contributed by atoms with Crippen molar-refractivity contribution in [2.75, 3.05) is 24.6 Å². The molecule has 2 saturated heterocycles. The van der Waals surface area contributed by atoms with Crippen molar-refractivity contribution in [1.82, 2.24) is 10.2 Å². The predicted molar refractivity (Wildman–Crippen MR) is 86.7 cm³/mol. The molecule has 1 saturated carbocycles. The first-order valence-corrected chi connectivity index (χ1v) is 11.7. The minimum Gasteiger partial charge on any atom is -0.337 e. The lowest BCUT2D eigenvalue weighted by molar-refractivity contribution is 0.156. The summed E-state index contributed by atoms with van der Waals surface area (Å²) in [6, 6.07) is -0.582. The van der Waals surface area contributed by atoms with E-state index in [1.807, 2.05) is 0 Å². The maximum Gasteiger partial charge on any atom is 0.317 e. The Balaban J connectivity index is 1.65. The van der Waals surface area contributed by atoms with Crippen molar-refractivity contribution in [2.24, 2.45) is 0 Å². The standard InChI is InChI=1S/C14H24N2O5S2/c17-14(15-10-11-4-3-8-22(11,18)19)16-7-9-23(20,21)13-6-2-1-5-12(13)16/h11-13H,1-10H2,(H,15,17). The Bertz CT molecular complexity index is 673. The number of hydrogen-bond acceptors (Lipinski definition) is 5. The average molecular weight is 364 g/mol. The number of rotatable bonds is 2. The fraction of sp³-hybridized carbons (Fsp3) is 0.929.